The maximum absolute atomic E-state index is 12.5. The molecule has 0 aliphatic carbocycles. The van der Waals surface area contributed by atoms with Crippen molar-refractivity contribution in [2.24, 2.45) is 0 Å². The molecule has 0 fully saturated rings. The molecule has 0 aliphatic heterocycles. The number of hydrogen-bond acceptors (Lipinski definition) is 4. The standard InChI is InChI=1S/C18H12ClNO2S/c19-13-6-3-11(4-7-13)17(21)12-5-8-15(20)14(10-12)18(22)16-2-1-9-23-16/h1-10H,20H2. The second-order valence-corrected chi connectivity index (χ2v) is 6.33. The highest BCUT2D eigenvalue weighted by atomic mass is 35.5. The first-order valence-corrected chi connectivity index (χ1v) is 8.10. The molecule has 23 heavy (non-hydrogen) atoms. The molecule has 2 N–H and O–H groups in total. The number of anilines is 1. The monoisotopic (exact) mass is 341 g/mol. The van der Waals surface area contributed by atoms with Crippen LogP contribution in [0.25, 0.3) is 0 Å². The summed E-state index contributed by atoms with van der Waals surface area (Å²) in [5.41, 5.74) is 7.53. The molecule has 3 aromatic rings. The van der Waals surface area contributed by atoms with E-state index >= 15 is 0 Å². The predicted octanol–water partition coefficient (Wildman–Crippen LogP) is 4.45. The van der Waals surface area contributed by atoms with Gasteiger partial charge in [0, 0.05) is 27.4 Å². The van der Waals surface area contributed by atoms with Gasteiger partial charge in [0.2, 0.25) is 5.78 Å². The number of rotatable bonds is 4. The van der Waals surface area contributed by atoms with Crippen molar-refractivity contribution in [1.29, 1.82) is 0 Å². The Hall–Kier alpha value is -2.43. The quantitative estimate of drug-likeness (QED) is 0.563. The molecule has 5 heteroatoms. The second kappa shape index (κ2) is 6.36. The minimum Gasteiger partial charge on any atom is -0.398 e. The molecule has 1 aromatic heterocycles. The highest BCUT2D eigenvalue weighted by Crippen LogP contribution is 2.23. The first-order chi connectivity index (χ1) is 11.1. The Morgan fingerprint density at radius 3 is 2.26 bits per heavy atom. The van der Waals surface area contributed by atoms with Crippen molar-refractivity contribution in [2.75, 3.05) is 5.73 Å². The molecule has 0 saturated heterocycles. The van der Waals surface area contributed by atoms with Crippen molar-refractivity contribution in [1.82, 2.24) is 0 Å². The van der Waals surface area contributed by atoms with Gasteiger partial charge in [0.1, 0.15) is 0 Å². The first kappa shape index (κ1) is 15.5. The summed E-state index contributed by atoms with van der Waals surface area (Å²) < 4.78 is 0. The lowest BCUT2D eigenvalue weighted by atomic mass is 9.98. The smallest absolute Gasteiger partial charge is 0.205 e. The minimum atomic E-state index is -0.179. The van der Waals surface area contributed by atoms with Gasteiger partial charge in [-0.1, -0.05) is 17.7 Å². The molecule has 0 spiro atoms. The van der Waals surface area contributed by atoms with E-state index in [0.29, 0.717) is 32.3 Å². The van der Waals surface area contributed by atoms with Gasteiger partial charge in [-0.15, -0.1) is 11.3 Å². The molecule has 2 aromatic carbocycles. The van der Waals surface area contributed by atoms with Crippen molar-refractivity contribution in [3.05, 3.63) is 86.6 Å². The average Bonchev–Trinajstić information content (AvgIpc) is 3.09. The zero-order valence-electron chi connectivity index (χ0n) is 12.0. The zero-order chi connectivity index (χ0) is 16.4. The molecule has 1 heterocycles. The summed E-state index contributed by atoms with van der Waals surface area (Å²) in [6.07, 6.45) is 0. The van der Waals surface area contributed by atoms with Gasteiger partial charge in [-0.25, -0.2) is 0 Å². The number of thiophene rings is 1. The van der Waals surface area contributed by atoms with Gasteiger partial charge in [-0.2, -0.15) is 0 Å². The van der Waals surface area contributed by atoms with Crippen LogP contribution in [0.15, 0.2) is 60.0 Å². The minimum absolute atomic E-state index is 0.178. The summed E-state index contributed by atoms with van der Waals surface area (Å²) in [6.45, 7) is 0. The van der Waals surface area contributed by atoms with Crippen LogP contribution in [0, 0.1) is 0 Å². The van der Waals surface area contributed by atoms with E-state index in [2.05, 4.69) is 0 Å². The van der Waals surface area contributed by atoms with Gasteiger partial charge in [-0.3, -0.25) is 9.59 Å². The Bertz CT molecular complexity index is 871. The Morgan fingerprint density at radius 2 is 1.61 bits per heavy atom. The maximum Gasteiger partial charge on any atom is 0.205 e. The largest absolute Gasteiger partial charge is 0.398 e. The Labute approximate surface area is 142 Å². The fraction of sp³-hybridized carbons (Fsp3) is 0. The van der Waals surface area contributed by atoms with Gasteiger partial charge >= 0.3 is 0 Å². The van der Waals surface area contributed by atoms with Crippen molar-refractivity contribution in [3.63, 3.8) is 0 Å². The van der Waals surface area contributed by atoms with E-state index < -0.39 is 0 Å². The third kappa shape index (κ3) is 3.18. The third-order valence-electron chi connectivity index (χ3n) is 3.41. The van der Waals surface area contributed by atoms with E-state index in [1.807, 2.05) is 5.38 Å². The van der Waals surface area contributed by atoms with E-state index in [9.17, 15) is 9.59 Å². The Morgan fingerprint density at radius 1 is 0.913 bits per heavy atom. The van der Waals surface area contributed by atoms with E-state index in [0.717, 1.165) is 0 Å². The van der Waals surface area contributed by atoms with Crippen molar-refractivity contribution < 1.29 is 9.59 Å². The topological polar surface area (TPSA) is 60.2 Å². The molecule has 3 nitrogen and oxygen atoms in total. The van der Waals surface area contributed by atoms with E-state index in [4.69, 9.17) is 17.3 Å². The fourth-order valence-electron chi connectivity index (χ4n) is 2.20. The molecule has 0 aliphatic rings. The van der Waals surface area contributed by atoms with Crippen LogP contribution in [-0.4, -0.2) is 11.6 Å². The highest BCUT2D eigenvalue weighted by molar-refractivity contribution is 7.12. The summed E-state index contributed by atoms with van der Waals surface area (Å²) in [5.74, 6) is -0.356. The number of carbonyl (C=O) groups excluding carboxylic acids is 2. The molecular weight excluding hydrogens is 330 g/mol. The number of benzene rings is 2. The molecule has 0 bridgehead atoms. The molecule has 114 valence electrons. The fourth-order valence-corrected chi connectivity index (χ4v) is 3.01. The number of nitrogens with two attached hydrogens (primary N) is 1. The molecule has 0 amide bonds. The van der Waals surface area contributed by atoms with Crippen LogP contribution in [0.5, 0.6) is 0 Å². The van der Waals surface area contributed by atoms with Crippen molar-refractivity contribution >= 4 is 40.2 Å². The number of nitrogen functional groups attached to an aromatic ring is 1. The van der Waals surface area contributed by atoms with Crippen LogP contribution >= 0.6 is 22.9 Å². The molecule has 0 unspecified atom stereocenters. The van der Waals surface area contributed by atoms with Gasteiger partial charge < -0.3 is 5.73 Å². The van der Waals surface area contributed by atoms with Crippen molar-refractivity contribution in [3.8, 4) is 0 Å². The van der Waals surface area contributed by atoms with Crippen LogP contribution in [0.2, 0.25) is 5.02 Å². The van der Waals surface area contributed by atoms with Crippen LogP contribution in [-0.2, 0) is 0 Å². The van der Waals surface area contributed by atoms with Crippen LogP contribution in [0.1, 0.15) is 31.2 Å². The van der Waals surface area contributed by atoms with Gasteiger partial charge in [-0.05, 0) is 53.9 Å². The summed E-state index contributed by atoms with van der Waals surface area (Å²) in [6, 6.07) is 14.9. The second-order valence-electron chi connectivity index (χ2n) is 4.94. The molecule has 3 rings (SSSR count). The van der Waals surface area contributed by atoms with Gasteiger partial charge in [0.25, 0.3) is 0 Å². The zero-order valence-corrected chi connectivity index (χ0v) is 13.5. The van der Waals surface area contributed by atoms with Gasteiger partial charge in [0.15, 0.2) is 5.78 Å². The summed E-state index contributed by atoms with van der Waals surface area (Å²) in [7, 11) is 0. The molecular formula is C18H12ClNO2S. The summed E-state index contributed by atoms with van der Waals surface area (Å²) in [4.78, 5) is 25.6. The van der Waals surface area contributed by atoms with Crippen molar-refractivity contribution in [2.45, 2.75) is 0 Å². The number of carbonyl (C=O) groups is 2. The normalized spacial score (nSPS) is 10.5. The van der Waals surface area contributed by atoms with E-state index in [1.54, 1.807) is 54.6 Å². The van der Waals surface area contributed by atoms with Crippen LogP contribution in [0.3, 0.4) is 0 Å². The van der Waals surface area contributed by atoms with E-state index in [1.165, 1.54) is 11.3 Å². The summed E-state index contributed by atoms with van der Waals surface area (Å²) >= 11 is 7.18. The molecule has 0 atom stereocenters. The predicted molar refractivity (Wildman–Crippen MR) is 93.5 cm³/mol. The SMILES string of the molecule is Nc1ccc(C(=O)c2ccc(Cl)cc2)cc1C(=O)c1cccs1. The number of hydrogen-bond donors (Lipinski definition) is 1. The maximum atomic E-state index is 12.5. The summed E-state index contributed by atoms with van der Waals surface area (Å²) in [5, 5.41) is 2.39. The third-order valence-corrected chi connectivity index (χ3v) is 4.53. The number of halogens is 1. The first-order valence-electron chi connectivity index (χ1n) is 6.84. The van der Waals surface area contributed by atoms with Gasteiger partial charge in [0.05, 0.1) is 4.88 Å². The lowest BCUT2D eigenvalue weighted by Gasteiger charge is -2.07. The Kier molecular flexibility index (Phi) is 4.28. The van der Waals surface area contributed by atoms with Crippen LogP contribution < -0.4 is 5.73 Å². The van der Waals surface area contributed by atoms with Crippen LogP contribution in [0.4, 0.5) is 5.69 Å². The molecule has 0 radical (unpaired) electrons. The highest BCUT2D eigenvalue weighted by Gasteiger charge is 2.17. The Balaban J connectivity index is 1.98. The molecule has 0 saturated carbocycles. The number of ketones is 2. The lowest BCUT2D eigenvalue weighted by Crippen LogP contribution is -2.08. The average molecular weight is 342 g/mol. The lowest BCUT2D eigenvalue weighted by molar-refractivity contribution is 0.103. The van der Waals surface area contributed by atoms with E-state index in [-0.39, 0.29) is 11.6 Å².